The molecule has 0 unspecified atom stereocenters. The van der Waals surface area contributed by atoms with Crippen molar-refractivity contribution in [3.63, 3.8) is 0 Å². The zero-order valence-electron chi connectivity index (χ0n) is 14.0. The first-order chi connectivity index (χ1) is 11.8. The third-order valence-electron chi connectivity index (χ3n) is 4.12. The predicted molar refractivity (Wildman–Crippen MR) is 92.1 cm³/mol. The summed E-state index contributed by atoms with van der Waals surface area (Å²) in [5.74, 6) is 0.0298. The van der Waals surface area contributed by atoms with Crippen LogP contribution in [0.15, 0.2) is 47.4 Å². The lowest BCUT2D eigenvalue weighted by molar-refractivity contribution is 0.0685. The molecular weight excluding hydrogens is 342 g/mol. The molecule has 7 heteroatoms. The van der Waals surface area contributed by atoms with Gasteiger partial charge >= 0.3 is 0 Å². The van der Waals surface area contributed by atoms with Crippen LogP contribution in [0.2, 0.25) is 0 Å². The standard InChI is InChI=1S/C18H19NO5S/c1-12-6-5-7-13(2)17(12)24-11-14(20)10-19-18(21)15-8-3-4-9-16(15)25(19,22)23/h3-9,14,20H,10-11H2,1-2H3/t14-/m0/s1. The molecule has 1 aliphatic heterocycles. The number of fused-ring (bicyclic) bond motifs is 1. The number of amides is 1. The van der Waals surface area contributed by atoms with E-state index in [9.17, 15) is 18.3 Å². The zero-order valence-corrected chi connectivity index (χ0v) is 14.8. The Hall–Kier alpha value is -2.38. The van der Waals surface area contributed by atoms with Gasteiger partial charge in [-0.2, -0.15) is 0 Å². The fraction of sp³-hybridized carbons (Fsp3) is 0.278. The van der Waals surface area contributed by atoms with Gasteiger partial charge in [0.2, 0.25) is 0 Å². The third-order valence-corrected chi connectivity index (χ3v) is 5.92. The Morgan fingerprint density at radius 1 is 1.08 bits per heavy atom. The number of benzene rings is 2. The highest BCUT2D eigenvalue weighted by molar-refractivity contribution is 7.90. The smallest absolute Gasteiger partial charge is 0.269 e. The average molecular weight is 361 g/mol. The molecule has 0 spiro atoms. The molecule has 0 aliphatic carbocycles. The summed E-state index contributed by atoms with van der Waals surface area (Å²) in [5.41, 5.74) is 1.97. The molecule has 2 aromatic carbocycles. The van der Waals surface area contributed by atoms with E-state index in [1.165, 1.54) is 12.1 Å². The lowest BCUT2D eigenvalue weighted by atomic mass is 10.1. The van der Waals surface area contributed by atoms with Gasteiger partial charge in [0.05, 0.1) is 12.1 Å². The summed E-state index contributed by atoms with van der Waals surface area (Å²) >= 11 is 0. The lowest BCUT2D eigenvalue weighted by Gasteiger charge is -2.20. The van der Waals surface area contributed by atoms with Crippen molar-refractivity contribution in [1.82, 2.24) is 4.31 Å². The van der Waals surface area contributed by atoms with E-state index in [0.29, 0.717) is 10.1 Å². The van der Waals surface area contributed by atoms with Gasteiger partial charge in [-0.15, -0.1) is 0 Å². The third kappa shape index (κ3) is 3.12. The molecule has 0 saturated heterocycles. The van der Waals surface area contributed by atoms with Crippen LogP contribution >= 0.6 is 0 Å². The van der Waals surface area contributed by atoms with Gasteiger partial charge < -0.3 is 9.84 Å². The fourth-order valence-corrected chi connectivity index (χ4v) is 4.47. The van der Waals surface area contributed by atoms with Crippen molar-refractivity contribution in [3.8, 4) is 5.75 Å². The second kappa shape index (κ2) is 6.50. The molecule has 0 saturated carbocycles. The van der Waals surface area contributed by atoms with E-state index in [2.05, 4.69) is 0 Å². The minimum Gasteiger partial charge on any atom is -0.490 e. The van der Waals surface area contributed by atoms with Gasteiger partial charge in [-0.05, 0) is 37.1 Å². The molecule has 1 atom stereocenters. The Morgan fingerprint density at radius 2 is 1.72 bits per heavy atom. The molecule has 1 amide bonds. The van der Waals surface area contributed by atoms with Gasteiger partial charge in [0.1, 0.15) is 23.4 Å². The van der Waals surface area contributed by atoms with E-state index in [1.807, 2.05) is 32.0 Å². The molecule has 0 radical (unpaired) electrons. The minimum absolute atomic E-state index is 0.0251. The van der Waals surface area contributed by atoms with E-state index < -0.39 is 22.0 Å². The second-order valence-corrected chi connectivity index (χ2v) is 7.85. The highest BCUT2D eigenvalue weighted by Crippen LogP contribution is 2.30. The molecule has 2 aromatic rings. The minimum atomic E-state index is -3.92. The Balaban J connectivity index is 1.72. The number of ether oxygens (including phenoxy) is 1. The van der Waals surface area contributed by atoms with Gasteiger partial charge in [-0.25, -0.2) is 12.7 Å². The summed E-state index contributed by atoms with van der Waals surface area (Å²) in [6.07, 6.45) is -1.13. The predicted octanol–water partition coefficient (Wildman–Crippen LogP) is 1.89. The number of rotatable bonds is 5. The summed E-state index contributed by atoms with van der Waals surface area (Å²) in [4.78, 5) is 12.3. The van der Waals surface area contributed by atoms with E-state index in [4.69, 9.17) is 4.74 Å². The summed E-state index contributed by atoms with van der Waals surface area (Å²) in [6.45, 7) is 3.32. The van der Waals surface area contributed by atoms with E-state index >= 15 is 0 Å². The van der Waals surface area contributed by atoms with E-state index in [0.717, 1.165) is 11.1 Å². The summed E-state index contributed by atoms with van der Waals surface area (Å²) in [5, 5.41) is 10.2. The van der Waals surface area contributed by atoms with Crippen molar-refractivity contribution in [1.29, 1.82) is 0 Å². The van der Waals surface area contributed by atoms with Gasteiger partial charge in [0, 0.05) is 0 Å². The maximum Gasteiger partial charge on any atom is 0.269 e. The van der Waals surface area contributed by atoms with Gasteiger partial charge in [0.15, 0.2) is 0 Å². The van der Waals surface area contributed by atoms with E-state index in [-0.39, 0.29) is 23.6 Å². The Bertz CT molecular complexity index is 903. The van der Waals surface area contributed by atoms with Crippen molar-refractivity contribution in [2.45, 2.75) is 24.8 Å². The number of aliphatic hydroxyl groups is 1. The topological polar surface area (TPSA) is 83.9 Å². The van der Waals surface area contributed by atoms with Crippen molar-refractivity contribution < 1.29 is 23.1 Å². The van der Waals surface area contributed by atoms with Crippen molar-refractivity contribution in [2.75, 3.05) is 13.2 Å². The van der Waals surface area contributed by atoms with Crippen LogP contribution in [0.25, 0.3) is 0 Å². The van der Waals surface area contributed by atoms with Gasteiger partial charge in [-0.1, -0.05) is 30.3 Å². The zero-order chi connectivity index (χ0) is 18.2. The van der Waals surface area contributed by atoms with Crippen LogP contribution in [-0.2, 0) is 10.0 Å². The van der Waals surface area contributed by atoms with Gasteiger partial charge in [-0.3, -0.25) is 4.79 Å². The maximum atomic E-state index is 12.5. The Kier molecular flexibility index (Phi) is 4.53. The molecule has 0 bridgehead atoms. The molecule has 0 fully saturated rings. The summed E-state index contributed by atoms with van der Waals surface area (Å²) in [6, 6.07) is 11.7. The number of β-amino-alcohol motifs (C(OH)–C–C–N with tert-alkyl or cyclic N) is 1. The molecule has 1 aliphatic rings. The van der Waals surface area contributed by atoms with Crippen LogP contribution in [0.1, 0.15) is 21.5 Å². The fourth-order valence-electron chi connectivity index (χ4n) is 2.86. The number of aryl methyl sites for hydroxylation is 2. The SMILES string of the molecule is Cc1cccc(C)c1OC[C@@H](O)CN1C(=O)c2ccccc2S1(=O)=O. The monoisotopic (exact) mass is 361 g/mol. The van der Waals surface area contributed by atoms with Crippen LogP contribution in [0.5, 0.6) is 5.75 Å². The highest BCUT2D eigenvalue weighted by Gasteiger charge is 2.41. The quantitative estimate of drug-likeness (QED) is 0.879. The first kappa shape index (κ1) is 17.4. The second-order valence-electron chi connectivity index (χ2n) is 6.02. The average Bonchev–Trinajstić information content (AvgIpc) is 2.76. The molecule has 0 aromatic heterocycles. The lowest BCUT2D eigenvalue weighted by Crippen LogP contribution is -2.39. The van der Waals surface area contributed by atoms with Crippen molar-refractivity contribution in [3.05, 3.63) is 59.2 Å². The number of para-hydroxylation sites is 1. The van der Waals surface area contributed by atoms with Crippen LogP contribution in [-0.4, -0.2) is 43.0 Å². The van der Waals surface area contributed by atoms with E-state index in [1.54, 1.807) is 12.1 Å². The van der Waals surface area contributed by atoms with Crippen molar-refractivity contribution in [2.24, 2.45) is 0 Å². The van der Waals surface area contributed by atoms with Crippen molar-refractivity contribution >= 4 is 15.9 Å². The number of aliphatic hydroxyl groups excluding tert-OH is 1. The first-order valence-corrected chi connectivity index (χ1v) is 9.29. The molecular formula is C18H19NO5S. The van der Waals surface area contributed by atoms with Gasteiger partial charge in [0.25, 0.3) is 15.9 Å². The molecule has 25 heavy (non-hydrogen) atoms. The molecule has 1 heterocycles. The van der Waals surface area contributed by atoms with Crippen LogP contribution in [0, 0.1) is 13.8 Å². The number of carbonyl (C=O) groups is 1. The largest absolute Gasteiger partial charge is 0.490 e. The number of nitrogens with zero attached hydrogens (tertiary/aromatic N) is 1. The molecule has 6 nitrogen and oxygen atoms in total. The number of hydrogen-bond donors (Lipinski definition) is 1. The normalized spacial score (nSPS) is 16.6. The van der Waals surface area contributed by atoms with Crippen LogP contribution in [0.3, 0.4) is 0 Å². The number of carbonyl (C=O) groups excluding carboxylic acids is 1. The molecule has 3 rings (SSSR count). The Labute approximate surface area is 146 Å². The number of hydrogen-bond acceptors (Lipinski definition) is 5. The maximum absolute atomic E-state index is 12.5. The molecule has 132 valence electrons. The molecule has 1 N–H and O–H groups in total. The van der Waals surface area contributed by atoms with Crippen LogP contribution < -0.4 is 4.74 Å². The van der Waals surface area contributed by atoms with Crippen LogP contribution in [0.4, 0.5) is 0 Å². The first-order valence-electron chi connectivity index (χ1n) is 7.85. The number of sulfonamides is 1. The summed E-state index contributed by atoms with van der Waals surface area (Å²) < 4.78 is 31.3. The Morgan fingerprint density at radius 3 is 2.36 bits per heavy atom. The summed E-state index contributed by atoms with van der Waals surface area (Å²) in [7, 11) is -3.92. The highest BCUT2D eigenvalue weighted by atomic mass is 32.2.